The zero-order chi connectivity index (χ0) is 17.1. The lowest BCUT2D eigenvalue weighted by molar-refractivity contribution is -0.128. The summed E-state index contributed by atoms with van der Waals surface area (Å²) < 4.78 is 25.9. The van der Waals surface area contributed by atoms with Gasteiger partial charge in [-0.05, 0) is 23.6 Å². The minimum absolute atomic E-state index is 0.0633. The molecule has 1 heterocycles. The van der Waals surface area contributed by atoms with Crippen molar-refractivity contribution in [1.29, 1.82) is 0 Å². The van der Waals surface area contributed by atoms with Gasteiger partial charge < -0.3 is 5.32 Å². The predicted octanol–water partition coefficient (Wildman–Crippen LogP) is 3.43. The SMILES string of the molecule is CC(C)(C)C(=O)NC[C@H](c1cccs1)S(=O)(=O)c1ccccc1. The molecule has 0 bridgehead atoms. The van der Waals surface area contributed by atoms with Gasteiger partial charge in [0, 0.05) is 16.8 Å². The van der Waals surface area contributed by atoms with Crippen molar-refractivity contribution in [2.45, 2.75) is 30.9 Å². The van der Waals surface area contributed by atoms with Gasteiger partial charge >= 0.3 is 0 Å². The topological polar surface area (TPSA) is 63.2 Å². The molecule has 0 radical (unpaired) electrons. The van der Waals surface area contributed by atoms with Crippen molar-refractivity contribution in [3.8, 4) is 0 Å². The monoisotopic (exact) mass is 351 g/mol. The fraction of sp³-hybridized carbons (Fsp3) is 0.353. The Hall–Kier alpha value is -1.66. The Morgan fingerprint density at radius 3 is 2.30 bits per heavy atom. The molecule has 6 heteroatoms. The number of hydrogen-bond acceptors (Lipinski definition) is 4. The molecule has 0 unspecified atom stereocenters. The third kappa shape index (κ3) is 4.20. The molecule has 0 spiro atoms. The second-order valence-corrected chi connectivity index (χ2v) is 9.43. The number of amides is 1. The van der Waals surface area contributed by atoms with Gasteiger partial charge in [-0.15, -0.1) is 11.3 Å². The highest BCUT2D eigenvalue weighted by atomic mass is 32.2. The van der Waals surface area contributed by atoms with E-state index in [0.29, 0.717) is 0 Å². The zero-order valence-electron chi connectivity index (χ0n) is 13.4. The van der Waals surface area contributed by atoms with Crippen LogP contribution < -0.4 is 5.32 Å². The molecule has 1 aromatic carbocycles. The summed E-state index contributed by atoms with van der Waals surface area (Å²) in [5.41, 5.74) is -0.559. The molecule has 124 valence electrons. The van der Waals surface area contributed by atoms with Crippen LogP contribution in [0.3, 0.4) is 0 Å². The number of hydrogen-bond donors (Lipinski definition) is 1. The lowest BCUT2D eigenvalue weighted by Gasteiger charge is -2.21. The van der Waals surface area contributed by atoms with Crippen molar-refractivity contribution in [2.75, 3.05) is 6.54 Å². The van der Waals surface area contributed by atoms with Crippen molar-refractivity contribution >= 4 is 27.1 Å². The standard InChI is InChI=1S/C17H21NO3S2/c1-17(2,3)16(19)18-12-15(14-10-7-11-22-14)23(20,21)13-8-5-4-6-9-13/h4-11,15H,12H2,1-3H3,(H,18,19)/t15-/m1/s1. The first-order chi connectivity index (χ1) is 10.7. The summed E-state index contributed by atoms with van der Waals surface area (Å²) in [5, 5.41) is 3.84. The highest BCUT2D eigenvalue weighted by Crippen LogP contribution is 2.31. The van der Waals surface area contributed by atoms with Crippen LogP contribution in [0.5, 0.6) is 0 Å². The van der Waals surface area contributed by atoms with Gasteiger partial charge in [0.1, 0.15) is 5.25 Å². The van der Waals surface area contributed by atoms with Gasteiger partial charge in [-0.25, -0.2) is 8.42 Å². The van der Waals surface area contributed by atoms with Gasteiger partial charge in [-0.2, -0.15) is 0 Å². The number of carbonyl (C=O) groups excluding carboxylic acids is 1. The van der Waals surface area contributed by atoms with E-state index in [0.717, 1.165) is 4.88 Å². The molecule has 4 nitrogen and oxygen atoms in total. The van der Waals surface area contributed by atoms with Gasteiger partial charge in [0.25, 0.3) is 0 Å². The average Bonchev–Trinajstić information content (AvgIpc) is 3.01. The molecule has 1 amide bonds. The van der Waals surface area contributed by atoms with Crippen LogP contribution in [0.25, 0.3) is 0 Å². The summed E-state index contributed by atoms with van der Waals surface area (Å²) in [6, 6.07) is 12.0. The number of carbonyl (C=O) groups is 1. The van der Waals surface area contributed by atoms with Crippen molar-refractivity contribution in [3.63, 3.8) is 0 Å². The van der Waals surface area contributed by atoms with E-state index in [1.807, 2.05) is 11.4 Å². The Balaban J connectivity index is 2.31. The Bertz CT molecular complexity index is 745. The van der Waals surface area contributed by atoms with Crippen LogP contribution in [-0.4, -0.2) is 20.9 Å². The van der Waals surface area contributed by atoms with E-state index in [2.05, 4.69) is 5.32 Å². The molecule has 2 rings (SSSR count). The largest absolute Gasteiger partial charge is 0.354 e. The molecule has 0 saturated heterocycles. The highest BCUT2D eigenvalue weighted by molar-refractivity contribution is 7.91. The Morgan fingerprint density at radius 2 is 1.78 bits per heavy atom. The van der Waals surface area contributed by atoms with Gasteiger partial charge in [0.05, 0.1) is 4.90 Å². The number of thiophene rings is 1. The second kappa shape index (κ2) is 6.84. The van der Waals surface area contributed by atoms with E-state index in [9.17, 15) is 13.2 Å². The summed E-state index contributed by atoms with van der Waals surface area (Å²) in [5.74, 6) is -0.165. The quantitative estimate of drug-likeness (QED) is 0.898. The van der Waals surface area contributed by atoms with Gasteiger partial charge in [-0.3, -0.25) is 4.79 Å². The van der Waals surface area contributed by atoms with Crippen LogP contribution in [0.15, 0.2) is 52.7 Å². The third-order valence-corrected chi connectivity index (χ3v) is 6.67. The molecule has 1 aromatic heterocycles. The summed E-state index contributed by atoms with van der Waals surface area (Å²) in [6.07, 6.45) is 0. The maximum absolute atomic E-state index is 12.9. The molecular weight excluding hydrogens is 330 g/mol. The van der Waals surface area contributed by atoms with Crippen molar-refractivity contribution in [2.24, 2.45) is 5.41 Å². The normalized spacial score (nSPS) is 13.5. The molecule has 0 aliphatic heterocycles. The van der Waals surface area contributed by atoms with E-state index in [-0.39, 0.29) is 17.3 Å². The maximum atomic E-state index is 12.9. The van der Waals surface area contributed by atoms with Crippen molar-refractivity contribution < 1.29 is 13.2 Å². The molecule has 1 N–H and O–H groups in total. The predicted molar refractivity (Wildman–Crippen MR) is 93.2 cm³/mol. The molecule has 1 atom stereocenters. The first-order valence-corrected chi connectivity index (χ1v) is 9.76. The van der Waals surface area contributed by atoms with E-state index < -0.39 is 20.5 Å². The number of benzene rings is 1. The first-order valence-electron chi connectivity index (χ1n) is 7.33. The molecule has 0 aliphatic carbocycles. The summed E-state index contributed by atoms with van der Waals surface area (Å²) in [7, 11) is -3.57. The lowest BCUT2D eigenvalue weighted by atomic mass is 9.96. The van der Waals surface area contributed by atoms with Crippen LogP contribution in [0.1, 0.15) is 30.9 Å². The minimum Gasteiger partial charge on any atom is -0.354 e. The van der Waals surface area contributed by atoms with E-state index >= 15 is 0 Å². The average molecular weight is 351 g/mol. The molecule has 0 fully saturated rings. The van der Waals surface area contributed by atoms with Gasteiger partial charge in [-0.1, -0.05) is 45.0 Å². The third-order valence-electron chi connectivity index (χ3n) is 3.44. The lowest BCUT2D eigenvalue weighted by Crippen LogP contribution is -2.38. The summed E-state index contributed by atoms with van der Waals surface area (Å²) in [6.45, 7) is 5.46. The van der Waals surface area contributed by atoms with E-state index in [1.165, 1.54) is 11.3 Å². The van der Waals surface area contributed by atoms with Crippen molar-refractivity contribution in [1.82, 2.24) is 5.32 Å². The summed E-state index contributed by atoms with van der Waals surface area (Å²) >= 11 is 1.38. The fourth-order valence-corrected chi connectivity index (χ4v) is 4.87. The van der Waals surface area contributed by atoms with Gasteiger partial charge in [0.15, 0.2) is 9.84 Å². The number of rotatable bonds is 5. The molecular formula is C17H21NO3S2. The van der Waals surface area contributed by atoms with Crippen LogP contribution >= 0.6 is 11.3 Å². The molecule has 23 heavy (non-hydrogen) atoms. The summed E-state index contributed by atoms with van der Waals surface area (Å²) in [4.78, 5) is 13.1. The van der Waals surface area contributed by atoms with Crippen LogP contribution in [-0.2, 0) is 14.6 Å². The Kier molecular flexibility index (Phi) is 5.26. The smallest absolute Gasteiger partial charge is 0.225 e. The first kappa shape index (κ1) is 17.7. The zero-order valence-corrected chi connectivity index (χ0v) is 15.1. The molecule has 0 aliphatic rings. The van der Waals surface area contributed by atoms with Crippen molar-refractivity contribution in [3.05, 3.63) is 52.7 Å². The van der Waals surface area contributed by atoms with E-state index in [1.54, 1.807) is 57.2 Å². The maximum Gasteiger partial charge on any atom is 0.225 e. The fourth-order valence-electron chi connectivity index (χ4n) is 2.06. The Morgan fingerprint density at radius 1 is 1.13 bits per heavy atom. The van der Waals surface area contributed by atoms with E-state index in [4.69, 9.17) is 0 Å². The molecule has 2 aromatic rings. The van der Waals surface area contributed by atoms with Crippen LogP contribution in [0, 0.1) is 5.41 Å². The highest BCUT2D eigenvalue weighted by Gasteiger charge is 2.31. The van der Waals surface area contributed by atoms with Crippen LogP contribution in [0.2, 0.25) is 0 Å². The second-order valence-electron chi connectivity index (χ2n) is 6.32. The number of nitrogens with one attached hydrogen (secondary N) is 1. The Labute approximate surface area is 141 Å². The van der Waals surface area contributed by atoms with Gasteiger partial charge in [0.2, 0.25) is 5.91 Å². The molecule has 0 saturated carbocycles. The number of sulfone groups is 1. The van der Waals surface area contributed by atoms with Crippen LogP contribution in [0.4, 0.5) is 0 Å². The minimum atomic E-state index is -3.57.